The fourth-order valence-corrected chi connectivity index (χ4v) is 4.61. The Hall–Kier alpha value is -1.50. The van der Waals surface area contributed by atoms with E-state index in [0.717, 1.165) is 23.4 Å². The average molecular weight is 352 g/mol. The number of esters is 1. The van der Waals surface area contributed by atoms with Crippen molar-refractivity contribution in [1.29, 1.82) is 0 Å². The second kappa shape index (κ2) is 7.17. The number of halogens is 1. The number of fused-ring (bicyclic) bond motifs is 1. The molecule has 1 aromatic heterocycles. The molecule has 130 valence electrons. The minimum absolute atomic E-state index is 0.157. The first-order valence-corrected chi connectivity index (χ1v) is 9.17. The predicted octanol–water partition coefficient (Wildman–Crippen LogP) is 2.41. The lowest BCUT2D eigenvalue weighted by Crippen LogP contribution is -3.14. The third kappa shape index (κ3) is 3.45. The van der Waals surface area contributed by atoms with Crippen LogP contribution in [0.1, 0.15) is 36.0 Å². The lowest BCUT2D eigenvalue weighted by molar-refractivity contribution is -0.928. The maximum Gasteiger partial charge on any atom is 0.348 e. The lowest BCUT2D eigenvalue weighted by atomic mass is 10.1. The average Bonchev–Trinajstić information content (AvgIpc) is 2.86. The Morgan fingerprint density at radius 2 is 2.08 bits per heavy atom. The van der Waals surface area contributed by atoms with Gasteiger partial charge in [-0.25, -0.2) is 9.18 Å². The minimum Gasteiger partial charge on any atom is -0.462 e. The fraction of sp³-hybridized carbons (Fsp3) is 0.500. The highest BCUT2D eigenvalue weighted by Crippen LogP contribution is 2.33. The molecule has 0 spiro atoms. The van der Waals surface area contributed by atoms with E-state index in [1.165, 1.54) is 22.3 Å². The van der Waals surface area contributed by atoms with Gasteiger partial charge in [-0.2, -0.15) is 0 Å². The van der Waals surface area contributed by atoms with Crippen molar-refractivity contribution in [2.45, 2.75) is 39.5 Å². The highest BCUT2D eigenvalue weighted by Gasteiger charge is 2.30. The zero-order chi connectivity index (χ0) is 17.3. The highest BCUT2D eigenvalue weighted by molar-refractivity contribution is 7.21. The lowest BCUT2D eigenvalue weighted by Gasteiger charge is -2.32. The van der Waals surface area contributed by atoms with Gasteiger partial charge in [0.2, 0.25) is 0 Å². The molecule has 0 amide bonds. The van der Waals surface area contributed by atoms with Gasteiger partial charge in [0.25, 0.3) is 0 Å². The van der Waals surface area contributed by atoms with E-state index in [0.29, 0.717) is 23.4 Å². The summed E-state index contributed by atoms with van der Waals surface area (Å²) < 4.78 is 26.2. The quantitative estimate of drug-likeness (QED) is 0.859. The molecule has 6 heteroatoms. The standard InChI is InChI=1S/C18H22FNO3S/c1-4-22-18(21)17-13(10-20-8-11(2)23-12(3)9-20)16-14(19)6-5-7-15(16)24-17/h5-7,11-12H,4,8-10H2,1-3H3/p+1/t11-,12-/m1/s1. The highest BCUT2D eigenvalue weighted by atomic mass is 32.1. The summed E-state index contributed by atoms with van der Waals surface area (Å²) in [5.41, 5.74) is 0.767. The number of hydrogen-bond donors (Lipinski definition) is 1. The second-order valence-electron chi connectivity index (χ2n) is 6.34. The van der Waals surface area contributed by atoms with Crippen LogP contribution in [0.2, 0.25) is 0 Å². The third-order valence-corrected chi connectivity index (χ3v) is 5.45. The van der Waals surface area contributed by atoms with E-state index in [2.05, 4.69) is 0 Å². The van der Waals surface area contributed by atoms with Crippen LogP contribution in [-0.4, -0.2) is 37.9 Å². The van der Waals surface area contributed by atoms with Gasteiger partial charge in [-0.15, -0.1) is 11.3 Å². The van der Waals surface area contributed by atoms with E-state index in [1.807, 2.05) is 19.9 Å². The molecule has 2 aromatic rings. The Morgan fingerprint density at radius 3 is 2.75 bits per heavy atom. The summed E-state index contributed by atoms with van der Waals surface area (Å²) in [5.74, 6) is -0.634. The molecule has 4 nitrogen and oxygen atoms in total. The molecule has 3 rings (SSSR count). The van der Waals surface area contributed by atoms with Crippen LogP contribution >= 0.6 is 11.3 Å². The number of thiophene rings is 1. The maximum absolute atomic E-state index is 14.4. The van der Waals surface area contributed by atoms with Crippen molar-refractivity contribution in [2.24, 2.45) is 0 Å². The monoisotopic (exact) mass is 352 g/mol. The number of carbonyl (C=O) groups is 1. The van der Waals surface area contributed by atoms with Gasteiger partial charge in [0.1, 0.15) is 42.5 Å². The summed E-state index contributed by atoms with van der Waals surface area (Å²) in [6.07, 6.45) is 0.314. The van der Waals surface area contributed by atoms with E-state index in [4.69, 9.17) is 9.47 Å². The van der Waals surface area contributed by atoms with Gasteiger partial charge < -0.3 is 14.4 Å². The molecule has 1 N–H and O–H groups in total. The van der Waals surface area contributed by atoms with Crippen molar-refractivity contribution in [3.05, 3.63) is 34.5 Å². The molecular weight excluding hydrogens is 329 g/mol. The summed E-state index contributed by atoms with van der Waals surface area (Å²) in [6, 6.07) is 4.99. The van der Waals surface area contributed by atoms with Crippen LogP contribution in [0.4, 0.5) is 4.39 Å². The van der Waals surface area contributed by atoms with Crippen molar-refractivity contribution in [1.82, 2.24) is 0 Å². The van der Waals surface area contributed by atoms with Crippen LogP contribution in [0, 0.1) is 5.82 Å². The van der Waals surface area contributed by atoms with Crippen LogP contribution in [0.5, 0.6) is 0 Å². The number of morpholine rings is 1. The van der Waals surface area contributed by atoms with Gasteiger partial charge in [-0.1, -0.05) is 6.07 Å². The van der Waals surface area contributed by atoms with Gasteiger partial charge in [0.15, 0.2) is 0 Å². The van der Waals surface area contributed by atoms with Crippen LogP contribution < -0.4 is 4.90 Å². The number of ether oxygens (including phenoxy) is 2. The van der Waals surface area contributed by atoms with Crippen molar-refractivity contribution in [3.63, 3.8) is 0 Å². The number of nitrogens with one attached hydrogen (secondary N) is 1. The van der Waals surface area contributed by atoms with Gasteiger partial charge in [0, 0.05) is 15.6 Å². The predicted molar refractivity (Wildman–Crippen MR) is 92.1 cm³/mol. The Bertz CT molecular complexity index is 735. The molecule has 24 heavy (non-hydrogen) atoms. The smallest absolute Gasteiger partial charge is 0.348 e. The van der Waals surface area contributed by atoms with E-state index in [9.17, 15) is 9.18 Å². The largest absolute Gasteiger partial charge is 0.462 e. The minimum atomic E-state index is -0.359. The van der Waals surface area contributed by atoms with Crippen molar-refractivity contribution < 1.29 is 23.6 Å². The topological polar surface area (TPSA) is 40.0 Å². The third-order valence-electron chi connectivity index (χ3n) is 4.27. The molecule has 2 atom stereocenters. The number of hydrogen-bond acceptors (Lipinski definition) is 4. The Morgan fingerprint density at radius 1 is 1.38 bits per heavy atom. The molecular formula is C18H23FNO3S+. The number of quaternary nitrogens is 1. The zero-order valence-corrected chi connectivity index (χ0v) is 15.0. The molecule has 0 unspecified atom stereocenters. The Kier molecular flexibility index (Phi) is 5.18. The molecule has 1 fully saturated rings. The summed E-state index contributed by atoms with van der Waals surface area (Å²) in [6.45, 7) is 8.49. The SMILES string of the molecule is CCOC(=O)c1sc2cccc(F)c2c1C[NH+]1C[C@@H](C)O[C@H](C)C1. The van der Waals surface area contributed by atoms with Gasteiger partial charge >= 0.3 is 5.97 Å². The summed E-state index contributed by atoms with van der Waals surface area (Å²) in [4.78, 5) is 14.2. The Balaban J connectivity index is 2.00. The molecule has 0 saturated carbocycles. The van der Waals surface area contributed by atoms with E-state index in [1.54, 1.807) is 13.0 Å². The summed E-state index contributed by atoms with van der Waals surface area (Å²) >= 11 is 1.32. The fourth-order valence-electron chi connectivity index (χ4n) is 3.48. The van der Waals surface area contributed by atoms with Crippen LogP contribution in [0.15, 0.2) is 18.2 Å². The van der Waals surface area contributed by atoms with E-state index in [-0.39, 0.29) is 24.0 Å². The Labute approximate surface area is 145 Å². The second-order valence-corrected chi connectivity index (χ2v) is 7.39. The molecule has 0 bridgehead atoms. The molecule has 1 saturated heterocycles. The van der Waals surface area contributed by atoms with E-state index < -0.39 is 0 Å². The number of rotatable bonds is 4. The first kappa shape index (κ1) is 17.3. The number of carbonyl (C=O) groups excluding carboxylic acids is 1. The van der Waals surface area contributed by atoms with E-state index >= 15 is 0 Å². The molecule has 1 aliphatic heterocycles. The molecule has 0 aliphatic carbocycles. The van der Waals surface area contributed by atoms with Gasteiger partial charge in [-0.05, 0) is 32.9 Å². The maximum atomic E-state index is 14.4. The van der Waals surface area contributed by atoms with Crippen LogP contribution in [0.3, 0.4) is 0 Å². The molecule has 0 radical (unpaired) electrons. The zero-order valence-electron chi connectivity index (χ0n) is 14.2. The van der Waals surface area contributed by atoms with Crippen molar-refractivity contribution >= 4 is 27.4 Å². The molecule has 1 aromatic carbocycles. The molecule has 2 heterocycles. The summed E-state index contributed by atoms with van der Waals surface area (Å²) in [7, 11) is 0. The van der Waals surface area contributed by atoms with Crippen molar-refractivity contribution in [2.75, 3.05) is 19.7 Å². The first-order valence-electron chi connectivity index (χ1n) is 8.35. The summed E-state index contributed by atoms with van der Waals surface area (Å²) in [5, 5.41) is 0.560. The van der Waals surface area contributed by atoms with Crippen molar-refractivity contribution in [3.8, 4) is 0 Å². The van der Waals surface area contributed by atoms with Gasteiger partial charge in [0.05, 0.1) is 6.61 Å². The number of benzene rings is 1. The normalized spacial score (nSPS) is 24.2. The van der Waals surface area contributed by atoms with Crippen LogP contribution in [0.25, 0.3) is 10.1 Å². The van der Waals surface area contributed by atoms with Gasteiger partial charge in [-0.3, -0.25) is 0 Å². The van der Waals surface area contributed by atoms with Crippen LogP contribution in [-0.2, 0) is 16.0 Å². The molecule has 1 aliphatic rings. The first-order chi connectivity index (χ1) is 11.5.